The summed E-state index contributed by atoms with van der Waals surface area (Å²) >= 11 is 0. The first-order valence-electron chi connectivity index (χ1n) is 10.1. The van der Waals surface area contributed by atoms with Crippen LogP contribution in [0.15, 0.2) is 30.5 Å². The van der Waals surface area contributed by atoms with Crippen LogP contribution in [0, 0.1) is 23.1 Å². The fraction of sp³-hybridized carbons (Fsp3) is 0.304. The third-order valence-electron chi connectivity index (χ3n) is 5.72. The molecule has 7 nitrogen and oxygen atoms in total. The molecule has 1 aromatic carbocycles. The number of pyridine rings is 1. The van der Waals surface area contributed by atoms with Crippen LogP contribution in [0.25, 0.3) is 11.1 Å². The lowest BCUT2D eigenvalue weighted by molar-refractivity contribution is 0.0910. The van der Waals surface area contributed by atoms with E-state index >= 15 is 0 Å². The van der Waals surface area contributed by atoms with Gasteiger partial charge in [-0.25, -0.2) is 9.37 Å². The summed E-state index contributed by atoms with van der Waals surface area (Å²) in [6.07, 6.45) is 1.82. The maximum atomic E-state index is 14.1. The second-order valence-electron chi connectivity index (χ2n) is 7.68. The number of Topliss-reactive ketones (excluding diaryl/α,β-unsaturated/α-hetero) is 1. The number of ketones is 1. The van der Waals surface area contributed by atoms with Crippen LogP contribution in [-0.4, -0.2) is 20.5 Å². The molecule has 158 valence electrons. The zero-order valence-corrected chi connectivity index (χ0v) is 17.5. The van der Waals surface area contributed by atoms with Crippen LogP contribution in [0.4, 0.5) is 10.2 Å². The van der Waals surface area contributed by atoms with Gasteiger partial charge in [-0.3, -0.25) is 9.48 Å². The highest BCUT2D eigenvalue weighted by molar-refractivity contribution is 5.99. The lowest BCUT2D eigenvalue weighted by atomic mass is 9.86. The number of aryl methyl sites for hydroxylation is 1. The minimum atomic E-state index is -0.644. The molecule has 31 heavy (non-hydrogen) atoms. The molecule has 0 amide bonds. The van der Waals surface area contributed by atoms with Gasteiger partial charge in [-0.05, 0) is 37.6 Å². The fourth-order valence-corrected chi connectivity index (χ4v) is 4.06. The van der Waals surface area contributed by atoms with Crippen molar-refractivity contribution in [1.82, 2.24) is 14.8 Å². The van der Waals surface area contributed by atoms with Gasteiger partial charge in [-0.15, -0.1) is 0 Å². The predicted octanol–water partition coefficient (Wildman–Crippen LogP) is 3.98. The number of hydrogen-bond donors (Lipinski definition) is 1. The molecule has 0 saturated heterocycles. The van der Waals surface area contributed by atoms with Crippen LogP contribution in [0.2, 0.25) is 0 Å². The average Bonchev–Trinajstić information content (AvgIpc) is 3.07. The van der Waals surface area contributed by atoms with E-state index in [1.54, 1.807) is 26.2 Å². The van der Waals surface area contributed by atoms with E-state index in [1.807, 2.05) is 6.92 Å². The molecule has 8 heteroatoms. The second kappa shape index (κ2) is 7.84. The Morgan fingerprint density at radius 3 is 2.87 bits per heavy atom. The number of anilines is 1. The highest BCUT2D eigenvalue weighted by Gasteiger charge is 2.29. The van der Waals surface area contributed by atoms with Gasteiger partial charge in [0.05, 0.1) is 5.69 Å². The van der Waals surface area contributed by atoms with Gasteiger partial charge in [0.2, 0.25) is 0 Å². The largest absolute Gasteiger partial charge is 0.482 e. The van der Waals surface area contributed by atoms with Crippen LogP contribution in [0.1, 0.15) is 53.7 Å². The summed E-state index contributed by atoms with van der Waals surface area (Å²) in [5, 5.41) is 14.2. The lowest BCUT2D eigenvalue weighted by Crippen LogP contribution is -2.21. The Balaban J connectivity index is 1.99. The number of nitrogens with two attached hydrogens (primary N) is 1. The summed E-state index contributed by atoms with van der Waals surface area (Å²) in [6.45, 7) is 3.66. The zero-order valence-electron chi connectivity index (χ0n) is 17.5. The van der Waals surface area contributed by atoms with Crippen LogP contribution in [0.5, 0.6) is 5.75 Å². The number of fused-ring (bicyclic) bond motifs is 5. The van der Waals surface area contributed by atoms with Gasteiger partial charge in [-0.2, -0.15) is 10.4 Å². The summed E-state index contributed by atoms with van der Waals surface area (Å²) in [4.78, 5) is 17.7. The molecule has 1 aliphatic rings. The SMILES string of the molecule is CCC1Cc2nn(C)c(C#N)c2-c2cnc(N)c(c2)OC(C)c2cc(F)ccc2C1=O. The molecule has 2 unspecified atom stereocenters. The van der Waals surface area contributed by atoms with Gasteiger partial charge in [0.25, 0.3) is 0 Å². The van der Waals surface area contributed by atoms with E-state index in [9.17, 15) is 14.4 Å². The highest BCUT2D eigenvalue weighted by atomic mass is 19.1. The molecular formula is C23H22FN5O2. The summed E-state index contributed by atoms with van der Waals surface area (Å²) in [5.41, 5.74) is 9.10. The average molecular weight is 419 g/mol. The second-order valence-corrected chi connectivity index (χ2v) is 7.68. The van der Waals surface area contributed by atoms with Crippen LogP contribution in [-0.2, 0) is 13.5 Å². The molecule has 0 saturated carbocycles. The number of ether oxygens (including phenoxy) is 1. The molecule has 2 bridgehead atoms. The Kier molecular flexibility index (Phi) is 5.19. The van der Waals surface area contributed by atoms with Crippen molar-refractivity contribution in [1.29, 1.82) is 5.26 Å². The first-order chi connectivity index (χ1) is 14.8. The zero-order chi connectivity index (χ0) is 22.3. The number of nitrogens with zero attached hydrogens (tertiary/aromatic N) is 4. The van der Waals surface area contributed by atoms with Crippen molar-refractivity contribution in [3.63, 3.8) is 0 Å². The van der Waals surface area contributed by atoms with Gasteiger partial charge in [0, 0.05) is 47.8 Å². The maximum absolute atomic E-state index is 14.1. The predicted molar refractivity (Wildman–Crippen MR) is 113 cm³/mol. The minimum Gasteiger partial charge on any atom is -0.482 e. The Labute approximate surface area is 179 Å². The first-order valence-corrected chi connectivity index (χ1v) is 10.1. The van der Waals surface area contributed by atoms with Crippen molar-refractivity contribution in [3.8, 4) is 22.9 Å². The van der Waals surface area contributed by atoms with E-state index in [0.29, 0.717) is 52.2 Å². The van der Waals surface area contributed by atoms with Crippen molar-refractivity contribution in [2.45, 2.75) is 32.8 Å². The number of nitrogen functional groups attached to an aromatic ring is 1. The maximum Gasteiger partial charge on any atom is 0.166 e. The van der Waals surface area contributed by atoms with Crippen molar-refractivity contribution >= 4 is 11.6 Å². The number of nitriles is 1. The van der Waals surface area contributed by atoms with E-state index in [4.69, 9.17) is 10.5 Å². The first kappa shape index (κ1) is 20.5. The molecule has 2 aromatic heterocycles. The number of hydrogen-bond acceptors (Lipinski definition) is 6. The third kappa shape index (κ3) is 3.52. The number of benzene rings is 1. The summed E-state index contributed by atoms with van der Waals surface area (Å²) < 4.78 is 21.6. The van der Waals surface area contributed by atoms with Gasteiger partial charge >= 0.3 is 0 Å². The molecule has 4 rings (SSSR count). The number of carbonyl (C=O) groups is 1. The highest BCUT2D eigenvalue weighted by Crippen LogP contribution is 2.37. The van der Waals surface area contributed by atoms with Gasteiger partial charge in [0.1, 0.15) is 23.7 Å². The Hall–Kier alpha value is -3.73. The molecule has 0 fully saturated rings. The topological polar surface area (TPSA) is 107 Å². The van der Waals surface area contributed by atoms with E-state index in [1.165, 1.54) is 22.9 Å². The molecule has 2 N–H and O–H groups in total. The number of aromatic nitrogens is 3. The Morgan fingerprint density at radius 1 is 1.39 bits per heavy atom. The molecular weight excluding hydrogens is 397 g/mol. The molecule has 3 aromatic rings. The quantitative estimate of drug-likeness (QED) is 0.639. The number of rotatable bonds is 1. The van der Waals surface area contributed by atoms with Crippen LogP contribution < -0.4 is 10.5 Å². The fourth-order valence-electron chi connectivity index (χ4n) is 4.06. The smallest absolute Gasteiger partial charge is 0.166 e. The van der Waals surface area contributed by atoms with Gasteiger partial charge < -0.3 is 10.5 Å². The molecule has 3 heterocycles. The summed E-state index contributed by atoms with van der Waals surface area (Å²) in [5.74, 6) is -0.505. The van der Waals surface area contributed by atoms with Crippen molar-refractivity contribution in [2.75, 3.05) is 5.73 Å². The third-order valence-corrected chi connectivity index (χ3v) is 5.72. The van der Waals surface area contributed by atoms with E-state index in [2.05, 4.69) is 16.2 Å². The van der Waals surface area contributed by atoms with Crippen LogP contribution in [0.3, 0.4) is 0 Å². The van der Waals surface area contributed by atoms with Crippen LogP contribution >= 0.6 is 0 Å². The molecule has 0 radical (unpaired) electrons. The molecule has 0 spiro atoms. The normalized spacial score (nSPS) is 18.1. The molecule has 1 aliphatic heterocycles. The van der Waals surface area contributed by atoms with E-state index in [0.717, 1.165) is 0 Å². The minimum absolute atomic E-state index is 0.113. The van der Waals surface area contributed by atoms with Gasteiger partial charge in [-0.1, -0.05) is 6.92 Å². The number of carbonyl (C=O) groups excluding carboxylic acids is 1. The van der Waals surface area contributed by atoms with Crippen molar-refractivity contribution < 1.29 is 13.9 Å². The van der Waals surface area contributed by atoms with E-state index < -0.39 is 17.8 Å². The standard InChI is InChI=1S/C23H22FN5O2/c1-4-13-7-18-21(19(10-25)29(3)28-18)14-8-20(23(26)27-11-14)31-12(2)17-9-15(24)5-6-16(17)22(13)30/h5-6,8-9,11-13H,4,7H2,1-3H3,(H2,26,27). The monoisotopic (exact) mass is 419 g/mol. The summed E-state index contributed by atoms with van der Waals surface area (Å²) in [6, 6.07) is 8.00. The Bertz CT molecular complexity index is 1230. The van der Waals surface area contributed by atoms with Gasteiger partial charge in [0.15, 0.2) is 17.4 Å². The molecule has 2 atom stereocenters. The summed E-state index contributed by atoms with van der Waals surface area (Å²) in [7, 11) is 1.69. The molecule has 0 aliphatic carbocycles. The van der Waals surface area contributed by atoms with Crippen molar-refractivity contribution in [2.24, 2.45) is 13.0 Å². The Morgan fingerprint density at radius 2 is 2.16 bits per heavy atom. The van der Waals surface area contributed by atoms with Crippen molar-refractivity contribution in [3.05, 3.63) is 58.8 Å². The number of halogens is 1. The lowest BCUT2D eigenvalue weighted by Gasteiger charge is -2.22. The van der Waals surface area contributed by atoms with E-state index in [-0.39, 0.29) is 11.6 Å².